The maximum Gasteiger partial charge on any atom is 0.255 e. The van der Waals surface area contributed by atoms with Gasteiger partial charge in [-0.2, -0.15) is 4.31 Å². The monoisotopic (exact) mass is 393 g/mol. The van der Waals surface area contributed by atoms with Crippen LogP contribution in [0.15, 0.2) is 29.2 Å². The summed E-state index contributed by atoms with van der Waals surface area (Å²) in [5, 5.41) is 3.18. The van der Waals surface area contributed by atoms with Crippen molar-refractivity contribution < 1.29 is 13.2 Å². The first-order chi connectivity index (χ1) is 13.0. The van der Waals surface area contributed by atoms with Crippen LogP contribution in [0, 0.1) is 5.92 Å². The molecule has 0 radical (unpaired) electrons. The second-order valence-electron chi connectivity index (χ2n) is 7.59. The van der Waals surface area contributed by atoms with Crippen LogP contribution in [0.25, 0.3) is 0 Å². The van der Waals surface area contributed by atoms with Gasteiger partial charge in [0.2, 0.25) is 10.0 Å². The van der Waals surface area contributed by atoms with Gasteiger partial charge in [0.1, 0.15) is 0 Å². The van der Waals surface area contributed by atoms with E-state index < -0.39 is 10.0 Å². The van der Waals surface area contributed by atoms with Crippen molar-refractivity contribution in [3.63, 3.8) is 0 Å². The first-order valence-corrected chi connectivity index (χ1v) is 11.5. The highest BCUT2D eigenvalue weighted by molar-refractivity contribution is 7.89. The van der Waals surface area contributed by atoms with Crippen LogP contribution in [0.2, 0.25) is 0 Å². The van der Waals surface area contributed by atoms with E-state index in [2.05, 4.69) is 5.32 Å². The topological polar surface area (TPSA) is 69.7 Å². The van der Waals surface area contributed by atoms with Crippen molar-refractivity contribution in [1.82, 2.24) is 14.5 Å². The van der Waals surface area contributed by atoms with Crippen LogP contribution >= 0.6 is 0 Å². The van der Waals surface area contributed by atoms with E-state index in [0.29, 0.717) is 37.7 Å². The summed E-state index contributed by atoms with van der Waals surface area (Å²) in [5.74, 6) is 0.479. The van der Waals surface area contributed by atoms with Crippen LogP contribution in [0.3, 0.4) is 0 Å². The molecule has 2 heterocycles. The normalized spacial score (nSPS) is 20.0. The maximum absolute atomic E-state index is 13.1. The molecule has 0 unspecified atom stereocenters. The summed E-state index contributed by atoms with van der Waals surface area (Å²) < 4.78 is 27.8. The molecule has 2 fully saturated rings. The Bertz CT molecular complexity index is 737. The first kappa shape index (κ1) is 20.3. The SMILES string of the molecule is CNCCC1CCN(C(=O)c2ccccc2S(=O)(=O)N2CCCCC2)CC1. The lowest BCUT2D eigenvalue weighted by Crippen LogP contribution is -2.40. The molecule has 1 N–H and O–H groups in total. The van der Waals surface area contributed by atoms with Crippen molar-refractivity contribution in [3.05, 3.63) is 29.8 Å². The second kappa shape index (κ2) is 9.17. The first-order valence-electron chi connectivity index (χ1n) is 10.1. The van der Waals surface area contributed by atoms with Crippen molar-refractivity contribution in [1.29, 1.82) is 0 Å². The number of hydrogen-bond donors (Lipinski definition) is 1. The molecule has 0 saturated carbocycles. The molecule has 150 valence electrons. The Morgan fingerprint density at radius 1 is 1.07 bits per heavy atom. The number of hydrogen-bond acceptors (Lipinski definition) is 4. The van der Waals surface area contributed by atoms with Crippen LogP contribution in [-0.4, -0.2) is 63.3 Å². The zero-order chi connectivity index (χ0) is 19.3. The minimum Gasteiger partial charge on any atom is -0.339 e. The van der Waals surface area contributed by atoms with E-state index in [1.807, 2.05) is 11.9 Å². The van der Waals surface area contributed by atoms with Gasteiger partial charge in [-0.15, -0.1) is 0 Å². The van der Waals surface area contributed by atoms with Crippen LogP contribution in [0.1, 0.15) is 48.9 Å². The summed E-state index contributed by atoms with van der Waals surface area (Å²) in [7, 11) is -1.66. The van der Waals surface area contributed by atoms with Crippen LogP contribution < -0.4 is 5.32 Å². The van der Waals surface area contributed by atoms with Gasteiger partial charge in [-0.05, 0) is 63.7 Å². The van der Waals surface area contributed by atoms with E-state index in [4.69, 9.17) is 0 Å². The highest BCUT2D eigenvalue weighted by Crippen LogP contribution is 2.27. The molecular weight excluding hydrogens is 362 g/mol. The summed E-state index contributed by atoms with van der Waals surface area (Å²) in [5.41, 5.74) is 0.316. The van der Waals surface area contributed by atoms with Gasteiger partial charge in [-0.1, -0.05) is 18.6 Å². The lowest BCUT2D eigenvalue weighted by Gasteiger charge is -2.33. The van der Waals surface area contributed by atoms with Gasteiger partial charge in [-0.25, -0.2) is 8.42 Å². The molecule has 0 atom stereocenters. The number of carbonyl (C=O) groups is 1. The molecule has 1 amide bonds. The number of sulfonamides is 1. The number of piperidine rings is 2. The Hall–Kier alpha value is -1.44. The molecule has 6 nitrogen and oxygen atoms in total. The van der Waals surface area contributed by atoms with Gasteiger partial charge in [0.05, 0.1) is 10.5 Å². The highest BCUT2D eigenvalue weighted by Gasteiger charge is 2.32. The van der Waals surface area contributed by atoms with Gasteiger partial charge in [0, 0.05) is 26.2 Å². The lowest BCUT2D eigenvalue weighted by molar-refractivity contribution is 0.0683. The summed E-state index contributed by atoms with van der Waals surface area (Å²) in [6, 6.07) is 6.70. The van der Waals surface area contributed by atoms with E-state index in [-0.39, 0.29) is 10.8 Å². The molecule has 3 rings (SSSR count). The highest BCUT2D eigenvalue weighted by atomic mass is 32.2. The van der Waals surface area contributed by atoms with Crippen LogP contribution in [-0.2, 0) is 10.0 Å². The molecule has 7 heteroatoms. The van der Waals surface area contributed by atoms with Crippen LogP contribution in [0.4, 0.5) is 0 Å². The number of benzene rings is 1. The zero-order valence-electron chi connectivity index (χ0n) is 16.2. The molecule has 1 aromatic carbocycles. The minimum atomic E-state index is -3.62. The van der Waals surface area contributed by atoms with Gasteiger partial charge in [0.25, 0.3) is 5.91 Å². The van der Waals surface area contributed by atoms with Crippen molar-refractivity contribution in [2.24, 2.45) is 5.92 Å². The number of likely N-dealkylation sites (tertiary alicyclic amines) is 1. The molecule has 2 aliphatic heterocycles. The van der Waals surface area contributed by atoms with Gasteiger partial charge in [0.15, 0.2) is 0 Å². The van der Waals surface area contributed by atoms with Crippen LogP contribution in [0.5, 0.6) is 0 Å². The summed E-state index contributed by atoms with van der Waals surface area (Å²) in [6.45, 7) is 3.48. The summed E-state index contributed by atoms with van der Waals surface area (Å²) >= 11 is 0. The lowest BCUT2D eigenvalue weighted by atomic mass is 9.93. The fourth-order valence-electron chi connectivity index (χ4n) is 4.06. The molecule has 1 aromatic rings. The Kier molecular flexibility index (Phi) is 6.89. The fourth-order valence-corrected chi connectivity index (χ4v) is 5.76. The summed E-state index contributed by atoms with van der Waals surface area (Å²) in [6.07, 6.45) is 5.92. The molecule has 2 aliphatic rings. The number of nitrogens with one attached hydrogen (secondary N) is 1. The second-order valence-corrected chi connectivity index (χ2v) is 9.50. The molecule has 0 spiro atoms. The molecule has 0 aromatic heterocycles. The number of amides is 1. The Balaban J connectivity index is 1.75. The molecular formula is C20H31N3O3S. The predicted octanol–water partition coefficient (Wildman–Crippen LogP) is 2.32. The van der Waals surface area contributed by atoms with E-state index >= 15 is 0 Å². The van der Waals surface area contributed by atoms with Gasteiger partial charge >= 0.3 is 0 Å². The number of rotatable bonds is 6. The average molecular weight is 394 g/mol. The zero-order valence-corrected chi connectivity index (χ0v) is 17.0. The summed E-state index contributed by atoms with van der Waals surface area (Å²) in [4.78, 5) is 15.1. The molecule has 0 aliphatic carbocycles. The minimum absolute atomic E-state index is 0.154. The van der Waals surface area contributed by atoms with E-state index in [1.54, 1.807) is 24.3 Å². The van der Waals surface area contributed by atoms with E-state index in [9.17, 15) is 13.2 Å². The quantitative estimate of drug-likeness (QED) is 0.805. The third kappa shape index (κ3) is 4.70. The maximum atomic E-state index is 13.1. The van der Waals surface area contributed by atoms with Gasteiger partial charge < -0.3 is 10.2 Å². The molecule has 2 saturated heterocycles. The average Bonchev–Trinajstić information content (AvgIpc) is 2.72. The van der Waals surface area contributed by atoms with Crippen molar-refractivity contribution in [2.75, 3.05) is 39.8 Å². The predicted molar refractivity (Wildman–Crippen MR) is 106 cm³/mol. The van der Waals surface area contributed by atoms with Crippen molar-refractivity contribution in [2.45, 2.75) is 43.4 Å². The largest absolute Gasteiger partial charge is 0.339 e. The number of carbonyl (C=O) groups excluding carboxylic acids is 1. The molecule has 27 heavy (non-hydrogen) atoms. The van der Waals surface area contributed by atoms with E-state index in [1.165, 1.54) is 4.31 Å². The Morgan fingerprint density at radius 2 is 1.74 bits per heavy atom. The fraction of sp³-hybridized carbons (Fsp3) is 0.650. The standard InChI is InChI=1S/C20H31N3O3S/c1-21-12-9-17-10-15-22(16-11-17)20(24)18-7-3-4-8-19(18)27(25,26)23-13-5-2-6-14-23/h3-4,7-8,17,21H,2,5-6,9-16H2,1H3. The smallest absolute Gasteiger partial charge is 0.255 e. The Morgan fingerprint density at radius 3 is 2.41 bits per heavy atom. The van der Waals surface area contributed by atoms with E-state index in [0.717, 1.165) is 45.1 Å². The van der Waals surface area contributed by atoms with Crippen molar-refractivity contribution >= 4 is 15.9 Å². The number of nitrogens with zero attached hydrogens (tertiary/aromatic N) is 2. The third-order valence-electron chi connectivity index (χ3n) is 5.75. The third-order valence-corrected chi connectivity index (χ3v) is 7.71. The van der Waals surface area contributed by atoms with Gasteiger partial charge in [-0.3, -0.25) is 4.79 Å². The molecule has 0 bridgehead atoms. The Labute approximate surface area is 163 Å². The van der Waals surface area contributed by atoms with Crippen molar-refractivity contribution in [3.8, 4) is 0 Å².